The van der Waals surface area contributed by atoms with E-state index < -0.39 is 16.5 Å². The zero-order valence-corrected chi connectivity index (χ0v) is 10.3. The first-order valence-corrected chi connectivity index (χ1v) is 9.05. The zero-order chi connectivity index (χ0) is 7.98. The summed E-state index contributed by atoms with van der Waals surface area (Å²) in [6.45, 7) is 11.8. The van der Waals surface area contributed by atoms with Gasteiger partial charge < -0.3 is 0 Å². The van der Waals surface area contributed by atoms with Crippen molar-refractivity contribution in [3.8, 4) is 0 Å². The van der Waals surface area contributed by atoms with Gasteiger partial charge in [-0.3, -0.25) is 0 Å². The number of nitrogens with zero attached hydrogens (tertiary/aromatic N) is 1. The monoisotopic (exact) mass is 199 g/mol. The van der Waals surface area contributed by atoms with Gasteiger partial charge in [-0.05, 0) is 0 Å². The summed E-state index contributed by atoms with van der Waals surface area (Å²) in [6.07, 6.45) is 0. The summed E-state index contributed by atoms with van der Waals surface area (Å²) < 4.78 is 2.72. The Morgan fingerprint density at radius 1 is 0.900 bits per heavy atom. The summed E-state index contributed by atoms with van der Waals surface area (Å²) in [6, 6.07) is 0. The fraction of sp³-hybridized carbons (Fsp3) is 1.00. The molecular formula is C8H20GaN. The molecule has 10 heavy (non-hydrogen) atoms. The summed E-state index contributed by atoms with van der Waals surface area (Å²) in [5.74, 6) is 0. The summed E-state index contributed by atoms with van der Waals surface area (Å²) in [5.41, 5.74) is 0. The van der Waals surface area contributed by atoms with Gasteiger partial charge in [0.15, 0.2) is 0 Å². The van der Waals surface area contributed by atoms with Crippen molar-refractivity contribution in [1.82, 2.24) is 3.61 Å². The van der Waals surface area contributed by atoms with Gasteiger partial charge in [-0.15, -0.1) is 0 Å². The van der Waals surface area contributed by atoms with E-state index in [1.807, 2.05) is 0 Å². The second kappa shape index (κ2) is 6.32. The van der Waals surface area contributed by atoms with Crippen LogP contribution in [0.15, 0.2) is 0 Å². The van der Waals surface area contributed by atoms with Crippen LogP contribution in [0, 0.1) is 0 Å². The Bertz CT molecular complexity index is 57.7. The molecule has 0 saturated carbocycles. The van der Waals surface area contributed by atoms with Crippen molar-refractivity contribution in [3.05, 3.63) is 0 Å². The first-order valence-electron chi connectivity index (χ1n) is 4.54. The second-order valence-corrected chi connectivity index (χ2v) is 10.4. The molecule has 0 spiro atoms. The van der Waals surface area contributed by atoms with Crippen LogP contribution < -0.4 is 0 Å². The van der Waals surface area contributed by atoms with E-state index in [0.29, 0.717) is 0 Å². The predicted molar refractivity (Wildman–Crippen MR) is 49.6 cm³/mol. The molecule has 0 aliphatic carbocycles. The molecule has 2 heteroatoms. The van der Waals surface area contributed by atoms with Crippen LogP contribution in [0.5, 0.6) is 0 Å². The number of hydrogen-bond acceptors (Lipinski definition) is 1. The van der Waals surface area contributed by atoms with Gasteiger partial charge in [0.2, 0.25) is 0 Å². The quantitative estimate of drug-likeness (QED) is 0.615. The molecular weight excluding hydrogens is 180 g/mol. The van der Waals surface area contributed by atoms with E-state index >= 15 is 0 Å². The van der Waals surface area contributed by atoms with Gasteiger partial charge >= 0.3 is 70.8 Å². The molecule has 0 fully saturated rings. The predicted octanol–water partition coefficient (Wildman–Crippen LogP) is 2.36. The molecule has 0 bridgehead atoms. The zero-order valence-electron chi connectivity index (χ0n) is 7.85. The summed E-state index contributed by atoms with van der Waals surface area (Å²) in [5, 5.41) is 0. The molecule has 0 N–H and O–H groups in total. The van der Waals surface area contributed by atoms with Crippen LogP contribution in [0.2, 0.25) is 9.95 Å². The molecule has 60 valence electrons. The van der Waals surface area contributed by atoms with Gasteiger partial charge in [0, 0.05) is 0 Å². The Morgan fingerprint density at radius 2 is 1.30 bits per heavy atom. The van der Waals surface area contributed by atoms with Crippen molar-refractivity contribution in [2.24, 2.45) is 0 Å². The van der Waals surface area contributed by atoms with Gasteiger partial charge in [-0.25, -0.2) is 0 Å². The van der Waals surface area contributed by atoms with Crippen LogP contribution in [0.3, 0.4) is 0 Å². The van der Waals surface area contributed by atoms with E-state index in [-0.39, 0.29) is 0 Å². The fourth-order valence-corrected chi connectivity index (χ4v) is 7.09. The molecule has 0 atom stereocenters. The van der Waals surface area contributed by atoms with Gasteiger partial charge in [-0.2, -0.15) is 0 Å². The topological polar surface area (TPSA) is 3.24 Å². The fourth-order valence-electron chi connectivity index (χ4n) is 1.55. The standard InChI is InChI=1S/C4H10N.2C2H5.Ga/c1-3-5-4-2;2*1-2;/h3-4H2,1-2H3;2*1H2,2H3;/q-1;;;+1. The minimum absolute atomic E-state index is 0.925. The molecule has 0 aliphatic heterocycles. The molecule has 0 radical (unpaired) electrons. The van der Waals surface area contributed by atoms with Crippen molar-refractivity contribution in [1.29, 1.82) is 0 Å². The number of rotatable bonds is 5. The average Bonchev–Trinajstić information content (AvgIpc) is 2.00. The van der Waals surface area contributed by atoms with E-state index in [0.717, 1.165) is 0 Å². The number of hydrogen-bond donors (Lipinski definition) is 0. The Balaban J connectivity index is 3.70. The summed E-state index contributed by atoms with van der Waals surface area (Å²) in [7, 11) is 0. The van der Waals surface area contributed by atoms with Crippen LogP contribution in [0.25, 0.3) is 0 Å². The minimum atomic E-state index is -0.925. The van der Waals surface area contributed by atoms with Gasteiger partial charge in [0.25, 0.3) is 0 Å². The van der Waals surface area contributed by atoms with Crippen LogP contribution in [-0.2, 0) is 0 Å². The molecule has 1 nitrogen and oxygen atoms in total. The van der Waals surface area contributed by atoms with E-state index in [2.05, 4.69) is 31.3 Å². The van der Waals surface area contributed by atoms with E-state index in [1.54, 1.807) is 0 Å². The molecule has 0 aromatic carbocycles. The maximum absolute atomic E-state index is 2.72. The molecule has 0 aromatic rings. The van der Waals surface area contributed by atoms with Crippen molar-refractivity contribution < 1.29 is 0 Å². The van der Waals surface area contributed by atoms with Crippen LogP contribution in [0.4, 0.5) is 0 Å². The second-order valence-electron chi connectivity index (χ2n) is 2.69. The maximum atomic E-state index is 2.72. The molecule has 0 heterocycles. The van der Waals surface area contributed by atoms with E-state index in [4.69, 9.17) is 0 Å². The van der Waals surface area contributed by atoms with E-state index in [1.165, 1.54) is 23.0 Å². The van der Waals surface area contributed by atoms with Crippen LogP contribution in [-0.4, -0.2) is 33.2 Å². The molecule has 0 saturated heterocycles. The molecule has 0 amide bonds. The van der Waals surface area contributed by atoms with Crippen molar-refractivity contribution in [3.63, 3.8) is 0 Å². The average molecular weight is 200 g/mol. The Labute approximate surface area is 71.1 Å². The third-order valence-electron chi connectivity index (χ3n) is 2.27. The third-order valence-corrected chi connectivity index (χ3v) is 9.93. The first kappa shape index (κ1) is 10.6. The molecule has 0 aromatic heterocycles. The normalized spacial score (nSPS) is 10.5. The van der Waals surface area contributed by atoms with E-state index in [9.17, 15) is 0 Å². The van der Waals surface area contributed by atoms with Crippen LogP contribution >= 0.6 is 0 Å². The molecule has 0 rings (SSSR count). The van der Waals surface area contributed by atoms with Crippen LogP contribution in [0.1, 0.15) is 27.7 Å². The molecule has 0 aliphatic rings. The van der Waals surface area contributed by atoms with Gasteiger partial charge in [0.1, 0.15) is 0 Å². The van der Waals surface area contributed by atoms with Gasteiger partial charge in [-0.1, -0.05) is 0 Å². The first-order chi connectivity index (χ1) is 4.79. The third kappa shape index (κ3) is 3.13. The Morgan fingerprint density at radius 3 is 1.40 bits per heavy atom. The van der Waals surface area contributed by atoms with Gasteiger partial charge in [0.05, 0.1) is 0 Å². The molecule has 0 unspecified atom stereocenters. The van der Waals surface area contributed by atoms with Crippen molar-refractivity contribution >= 4 is 16.5 Å². The van der Waals surface area contributed by atoms with Crippen molar-refractivity contribution in [2.75, 3.05) is 13.1 Å². The SMILES string of the molecule is CC[N](CC)[Ga]([CH2]C)[CH2]C. The Kier molecular flexibility index (Phi) is 6.69. The Hall–Kier alpha value is 0.596. The summed E-state index contributed by atoms with van der Waals surface area (Å²) >= 11 is -0.925. The summed E-state index contributed by atoms with van der Waals surface area (Å²) in [4.78, 5) is 2.95. The van der Waals surface area contributed by atoms with Crippen molar-refractivity contribution in [2.45, 2.75) is 37.6 Å².